The summed E-state index contributed by atoms with van der Waals surface area (Å²) in [5.41, 5.74) is 2.58. The molecule has 1 atom stereocenters. The van der Waals surface area contributed by atoms with E-state index in [9.17, 15) is 0 Å². The Bertz CT molecular complexity index is 371. The van der Waals surface area contributed by atoms with E-state index in [-0.39, 0.29) is 0 Å². The van der Waals surface area contributed by atoms with Gasteiger partial charge in [-0.3, -0.25) is 0 Å². The van der Waals surface area contributed by atoms with Crippen LogP contribution >= 0.6 is 0 Å². The lowest BCUT2D eigenvalue weighted by Crippen LogP contribution is -2.29. The minimum Gasteiger partial charge on any atom is -0.353 e. The maximum atomic E-state index is 4.56. The predicted octanol–water partition coefficient (Wildman–Crippen LogP) is 1.13. The minimum atomic E-state index is 0.594. The summed E-state index contributed by atoms with van der Waals surface area (Å²) in [5.74, 6) is 0.800. The van der Waals surface area contributed by atoms with Crippen molar-refractivity contribution in [1.82, 2.24) is 15.3 Å². The molecule has 1 aromatic heterocycles. The first kappa shape index (κ1) is 10.0. The van der Waals surface area contributed by atoms with Crippen molar-refractivity contribution in [2.75, 3.05) is 18.4 Å². The van der Waals surface area contributed by atoms with Gasteiger partial charge >= 0.3 is 0 Å². The van der Waals surface area contributed by atoms with Crippen LogP contribution in [0, 0.1) is 0 Å². The molecule has 4 nitrogen and oxygen atoms in total. The van der Waals surface area contributed by atoms with E-state index in [0.717, 1.165) is 31.9 Å². The van der Waals surface area contributed by atoms with E-state index >= 15 is 0 Å². The number of aryl methyl sites for hydroxylation is 2. The van der Waals surface area contributed by atoms with Crippen molar-refractivity contribution in [3.63, 3.8) is 0 Å². The number of anilines is 1. The Hall–Kier alpha value is -1.16. The number of hydrogen-bond acceptors (Lipinski definition) is 4. The van der Waals surface area contributed by atoms with Crippen molar-refractivity contribution in [2.24, 2.45) is 0 Å². The van der Waals surface area contributed by atoms with Gasteiger partial charge < -0.3 is 10.6 Å². The molecule has 1 aliphatic carbocycles. The molecule has 1 fully saturated rings. The highest BCUT2D eigenvalue weighted by molar-refractivity contribution is 5.32. The van der Waals surface area contributed by atoms with E-state index in [1.807, 2.05) is 6.20 Å². The minimum absolute atomic E-state index is 0.594. The largest absolute Gasteiger partial charge is 0.353 e. The van der Waals surface area contributed by atoms with Crippen molar-refractivity contribution < 1.29 is 0 Å². The third-order valence-corrected chi connectivity index (χ3v) is 3.48. The summed E-state index contributed by atoms with van der Waals surface area (Å²) in [7, 11) is 0. The quantitative estimate of drug-likeness (QED) is 0.798. The van der Waals surface area contributed by atoms with Crippen LogP contribution in [0.4, 0.5) is 5.95 Å². The van der Waals surface area contributed by atoms with E-state index < -0.39 is 0 Å². The molecule has 2 N–H and O–H groups in total. The van der Waals surface area contributed by atoms with E-state index in [2.05, 4.69) is 20.6 Å². The highest BCUT2D eigenvalue weighted by Crippen LogP contribution is 2.19. The summed E-state index contributed by atoms with van der Waals surface area (Å²) in [6, 6.07) is 0.594. The Balaban J connectivity index is 1.61. The second-order valence-corrected chi connectivity index (χ2v) is 4.69. The molecule has 0 bridgehead atoms. The zero-order chi connectivity index (χ0) is 10.8. The molecule has 1 aliphatic heterocycles. The van der Waals surface area contributed by atoms with E-state index in [0.29, 0.717) is 6.04 Å². The summed E-state index contributed by atoms with van der Waals surface area (Å²) < 4.78 is 0. The summed E-state index contributed by atoms with van der Waals surface area (Å²) >= 11 is 0. The van der Waals surface area contributed by atoms with Gasteiger partial charge in [-0.1, -0.05) is 0 Å². The molecule has 0 aromatic carbocycles. The number of fused-ring (bicyclic) bond motifs is 1. The Morgan fingerprint density at radius 3 is 3.25 bits per heavy atom. The summed E-state index contributed by atoms with van der Waals surface area (Å²) in [5, 5.41) is 6.79. The Labute approximate surface area is 95.9 Å². The van der Waals surface area contributed by atoms with Gasteiger partial charge in [0.1, 0.15) is 0 Å². The molecule has 86 valence electrons. The lowest BCUT2D eigenvalue weighted by Gasteiger charge is -2.11. The van der Waals surface area contributed by atoms with Crippen molar-refractivity contribution in [1.29, 1.82) is 0 Å². The normalized spacial score (nSPS) is 23.4. The van der Waals surface area contributed by atoms with Gasteiger partial charge in [0.25, 0.3) is 0 Å². The summed E-state index contributed by atoms with van der Waals surface area (Å²) in [4.78, 5) is 8.93. The van der Waals surface area contributed by atoms with Crippen molar-refractivity contribution in [2.45, 2.75) is 38.1 Å². The number of rotatable bonds is 3. The van der Waals surface area contributed by atoms with Gasteiger partial charge in [0.2, 0.25) is 5.95 Å². The zero-order valence-corrected chi connectivity index (χ0v) is 9.50. The van der Waals surface area contributed by atoms with Gasteiger partial charge in [-0.15, -0.1) is 0 Å². The molecule has 2 aliphatic rings. The third kappa shape index (κ3) is 2.02. The zero-order valence-electron chi connectivity index (χ0n) is 9.50. The average molecular weight is 218 g/mol. The highest BCUT2D eigenvalue weighted by atomic mass is 15.1. The number of nitrogens with one attached hydrogen (secondary N) is 2. The van der Waals surface area contributed by atoms with Crippen molar-refractivity contribution in [3.05, 3.63) is 17.5 Å². The molecular weight excluding hydrogens is 200 g/mol. The molecule has 0 saturated carbocycles. The number of hydrogen-bond donors (Lipinski definition) is 2. The van der Waals surface area contributed by atoms with Gasteiger partial charge in [-0.2, -0.15) is 0 Å². The van der Waals surface area contributed by atoms with Crippen LogP contribution in [-0.4, -0.2) is 29.1 Å². The van der Waals surface area contributed by atoms with Crippen LogP contribution in [0.3, 0.4) is 0 Å². The molecule has 2 heterocycles. The first-order valence-electron chi connectivity index (χ1n) is 6.24. The van der Waals surface area contributed by atoms with Gasteiger partial charge in [-0.05, 0) is 44.2 Å². The molecule has 0 spiro atoms. The fourth-order valence-electron chi connectivity index (χ4n) is 2.54. The fourth-order valence-corrected chi connectivity index (χ4v) is 2.54. The molecule has 16 heavy (non-hydrogen) atoms. The SMILES string of the molecule is c1nc(NCC2CCCN2)nc2c1CCC2. The number of nitrogens with zero attached hydrogens (tertiary/aromatic N) is 2. The monoisotopic (exact) mass is 218 g/mol. The first-order valence-corrected chi connectivity index (χ1v) is 6.24. The van der Waals surface area contributed by atoms with Gasteiger partial charge in [-0.25, -0.2) is 9.97 Å². The molecule has 0 radical (unpaired) electrons. The maximum absolute atomic E-state index is 4.56. The van der Waals surface area contributed by atoms with Gasteiger partial charge in [0.15, 0.2) is 0 Å². The lowest BCUT2D eigenvalue weighted by atomic mass is 10.2. The molecular formula is C12H18N4. The molecule has 1 saturated heterocycles. The van der Waals surface area contributed by atoms with Crippen LogP contribution in [0.1, 0.15) is 30.5 Å². The van der Waals surface area contributed by atoms with Crippen molar-refractivity contribution >= 4 is 5.95 Å². The Morgan fingerprint density at radius 2 is 2.38 bits per heavy atom. The average Bonchev–Trinajstić information content (AvgIpc) is 2.97. The second-order valence-electron chi connectivity index (χ2n) is 4.69. The number of aromatic nitrogens is 2. The molecule has 4 heteroatoms. The molecule has 0 amide bonds. The van der Waals surface area contributed by atoms with Crippen molar-refractivity contribution in [3.8, 4) is 0 Å². The second kappa shape index (κ2) is 4.37. The van der Waals surface area contributed by atoms with Gasteiger partial charge in [0.05, 0.1) is 0 Å². The highest BCUT2D eigenvalue weighted by Gasteiger charge is 2.16. The van der Waals surface area contributed by atoms with Crippen LogP contribution in [0.15, 0.2) is 6.20 Å². The van der Waals surface area contributed by atoms with Crippen LogP contribution in [-0.2, 0) is 12.8 Å². The van der Waals surface area contributed by atoms with E-state index in [1.54, 1.807) is 0 Å². The predicted molar refractivity (Wildman–Crippen MR) is 63.6 cm³/mol. The molecule has 1 aromatic rings. The summed E-state index contributed by atoms with van der Waals surface area (Å²) in [6.45, 7) is 2.09. The fraction of sp³-hybridized carbons (Fsp3) is 0.667. The first-order chi connectivity index (χ1) is 7.92. The lowest BCUT2D eigenvalue weighted by molar-refractivity contribution is 0.631. The Morgan fingerprint density at radius 1 is 1.38 bits per heavy atom. The standard InChI is InChI=1S/C12H18N4/c1-3-9-7-14-12(16-11(9)5-1)15-8-10-4-2-6-13-10/h7,10,13H,1-6,8H2,(H,14,15,16). The summed E-state index contributed by atoms with van der Waals surface area (Å²) in [6.07, 6.45) is 8.04. The van der Waals surface area contributed by atoms with Gasteiger partial charge in [0, 0.05) is 24.5 Å². The smallest absolute Gasteiger partial charge is 0.222 e. The Kier molecular flexibility index (Phi) is 2.74. The van der Waals surface area contributed by atoms with E-state index in [1.165, 1.54) is 30.5 Å². The van der Waals surface area contributed by atoms with Crippen LogP contribution in [0.2, 0.25) is 0 Å². The van der Waals surface area contributed by atoms with Crippen LogP contribution in [0.5, 0.6) is 0 Å². The maximum Gasteiger partial charge on any atom is 0.222 e. The topological polar surface area (TPSA) is 49.8 Å². The van der Waals surface area contributed by atoms with Crippen LogP contribution in [0.25, 0.3) is 0 Å². The molecule has 3 rings (SSSR count). The third-order valence-electron chi connectivity index (χ3n) is 3.48. The molecule has 1 unspecified atom stereocenters. The van der Waals surface area contributed by atoms with Crippen LogP contribution < -0.4 is 10.6 Å². The van der Waals surface area contributed by atoms with E-state index in [4.69, 9.17) is 0 Å².